The molecule has 0 aromatic rings. The third kappa shape index (κ3) is 0.983. The third-order valence-corrected chi connectivity index (χ3v) is 3.11. The summed E-state index contributed by atoms with van der Waals surface area (Å²) in [7, 11) is 0. The van der Waals surface area contributed by atoms with E-state index < -0.39 is 5.67 Å². The van der Waals surface area contributed by atoms with Crippen LogP contribution in [0.3, 0.4) is 0 Å². The number of hydrogen-bond acceptors (Lipinski definition) is 2. The first-order valence-corrected chi connectivity index (χ1v) is 4.39. The summed E-state index contributed by atoms with van der Waals surface area (Å²) in [4.78, 5) is 2.24. The summed E-state index contributed by atoms with van der Waals surface area (Å²) in [6.07, 6.45) is 2.80. The number of fused-ring (bicyclic) bond motifs is 1. The zero-order valence-corrected chi connectivity index (χ0v) is 6.72. The van der Waals surface area contributed by atoms with Crippen LogP contribution in [0.1, 0.15) is 19.3 Å². The second-order valence-electron chi connectivity index (χ2n) is 3.68. The smallest absolute Gasteiger partial charge is 0.139 e. The minimum Gasteiger partial charge on any atom is -0.327 e. The van der Waals surface area contributed by atoms with Crippen molar-refractivity contribution >= 4 is 0 Å². The number of halogens is 1. The Kier molecular flexibility index (Phi) is 1.65. The van der Waals surface area contributed by atoms with Crippen LogP contribution < -0.4 is 5.73 Å². The van der Waals surface area contributed by atoms with Crippen molar-refractivity contribution in [1.29, 1.82) is 0 Å². The van der Waals surface area contributed by atoms with E-state index in [0.29, 0.717) is 6.42 Å². The molecule has 2 nitrogen and oxygen atoms in total. The maximum absolute atomic E-state index is 13.8. The van der Waals surface area contributed by atoms with Gasteiger partial charge in [-0.15, -0.1) is 0 Å². The topological polar surface area (TPSA) is 29.3 Å². The van der Waals surface area contributed by atoms with Gasteiger partial charge in [-0.05, 0) is 25.8 Å². The molecule has 0 aliphatic carbocycles. The van der Waals surface area contributed by atoms with Gasteiger partial charge in [0.25, 0.3) is 0 Å². The van der Waals surface area contributed by atoms with Crippen LogP contribution in [-0.2, 0) is 0 Å². The molecule has 0 radical (unpaired) electrons. The Labute approximate surface area is 66.5 Å². The molecule has 0 amide bonds. The zero-order valence-electron chi connectivity index (χ0n) is 6.72. The minimum atomic E-state index is -1.06. The largest absolute Gasteiger partial charge is 0.327 e. The molecule has 2 N–H and O–H groups in total. The van der Waals surface area contributed by atoms with Crippen molar-refractivity contribution in [1.82, 2.24) is 4.90 Å². The highest BCUT2D eigenvalue weighted by atomic mass is 19.1. The highest BCUT2D eigenvalue weighted by Crippen LogP contribution is 2.37. The summed E-state index contributed by atoms with van der Waals surface area (Å²) in [6.45, 7) is 2.20. The lowest BCUT2D eigenvalue weighted by atomic mass is 9.95. The van der Waals surface area contributed by atoms with Crippen LogP contribution in [0.5, 0.6) is 0 Å². The molecule has 3 heteroatoms. The van der Waals surface area contributed by atoms with Gasteiger partial charge in [0, 0.05) is 19.1 Å². The highest BCUT2D eigenvalue weighted by molar-refractivity contribution is 5.03. The van der Waals surface area contributed by atoms with Crippen molar-refractivity contribution in [3.63, 3.8) is 0 Å². The molecule has 64 valence electrons. The standard InChI is InChI=1S/C8H15FN2/c9-8(6-10)3-5-11-4-1-2-7(8)11/h7H,1-6,10H2. The van der Waals surface area contributed by atoms with Gasteiger partial charge in [-0.3, -0.25) is 4.90 Å². The molecule has 2 heterocycles. The Morgan fingerprint density at radius 3 is 3.09 bits per heavy atom. The Balaban J connectivity index is 2.14. The third-order valence-electron chi connectivity index (χ3n) is 3.11. The molecule has 0 bridgehead atoms. The maximum Gasteiger partial charge on any atom is 0.139 e. The monoisotopic (exact) mass is 158 g/mol. The first kappa shape index (κ1) is 7.50. The molecule has 2 aliphatic heterocycles. The maximum atomic E-state index is 13.8. The van der Waals surface area contributed by atoms with Crippen LogP contribution >= 0.6 is 0 Å². The fourth-order valence-corrected chi connectivity index (χ4v) is 2.41. The summed E-state index contributed by atoms with van der Waals surface area (Å²) in [5, 5.41) is 0. The molecule has 0 aromatic heterocycles. The quantitative estimate of drug-likeness (QED) is 0.603. The first-order chi connectivity index (χ1) is 5.26. The van der Waals surface area contributed by atoms with E-state index in [9.17, 15) is 4.39 Å². The van der Waals surface area contributed by atoms with Gasteiger partial charge in [-0.1, -0.05) is 0 Å². The second kappa shape index (κ2) is 2.42. The summed E-state index contributed by atoms with van der Waals surface area (Å²) >= 11 is 0. The van der Waals surface area contributed by atoms with Gasteiger partial charge in [0.05, 0.1) is 0 Å². The van der Waals surface area contributed by atoms with Gasteiger partial charge in [-0.2, -0.15) is 0 Å². The zero-order chi connectivity index (χ0) is 7.90. The van der Waals surface area contributed by atoms with E-state index in [4.69, 9.17) is 5.73 Å². The number of hydrogen-bond donors (Lipinski definition) is 1. The Morgan fingerprint density at radius 2 is 2.36 bits per heavy atom. The average molecular weight is 158 g/mol. The summed E-state index contributed by atoms with van der Waals surface area (Å²) in [5.74, 6) is 0. The van der Waals surface area contributed by atoms with Gasteiger partial charge >= 0.3 is 0 Å². The molecule has 2 unspecified atom stereocenters. The van der Waals surface area contributed by atoms with Crippen LogP contribution in [0.25, 0.3) is 0 Å². The number of nitrogens with zero attached hydrogens (tertiary/aromatic N) is 1. The molecule has 2 rings (SSSR count). The predicted molar refractivity (Wildman–Crippen MR) is 42.1 cm³/mol. The molecule has 11 heavy (non-hydrogen) atoms. The van der Waals surface area contributed by atoms with Crippen LogP contribution in [0.4, 0.5) is 4.39 Å². The van der Waals surface area contributed by atoms with Gasteiger partial charge < -0.3 is 5.73 Å². The molecule has 2 saturated heterocycles. The molecular formula is C8H15FN2. The molecular weight excluding hydrogens is 143 g/mol. The van der Waals surface area contributed by atoms with Crippen molar-refractivity contribution in [2.24, 2.45) is 5.73 Å². The average Bonchev–Trinajstić information content (AvgIpc) is 2.55. The Bertz CT molecular complexity index is 162. The highest BCUT2D eigenvalue weighted by Gasteiger charge is 2.48. The Morgan fingerprint density at radius 1 is 1.55 bits per heavy atom. The van der Waals surface area contributed by atoms with E-state index in [0.717, 1.165) is 25.9 Å². The fourth-order valence-electron chi connectivity index (χ4n) is 2.41. The van der Waals surface area contributed by atoms with Crippen molar-refractivity contribution in [3.8, 4) is 0 Å². The van der Waals surface area contributed by atoms with E-state index in [2.05, 4.69) is 4.90 Å². The van der Waals surface area contributed by atoms with Crippen LogP contribution in [0, 0.1) is 0 Å². The van der Waals surface area contributed by atoms with E-state index in [1.54, 1.807) is 0 Å². The molecule has 2 aliphatic rings. The second-order valence-corrected chi connectivity index (χ2v) is 3.68. The van der Waals surface area contributed by atoms with Crippen molar-refractivity contribution < 1.29 is 4.39 Å². The van der Waals surface area contributed by atoms with E-state index >= 15 is 0 Å². The van der Waals surface area contributed by atoms with Crippen LogP contribution in [-0.4, -0.2) is 36.2 Å². The van der Waals surface area contributed by atoms with E-state index in [1.807, 2.05) is 0 Å². The van der Waals surface area contributed by atoms with Crippen LogP contribution in [0.2, 0.25) is 0 Å². The lowest BCUT2D eigenvalue weighted by molar-refractivity contribution is 0.125. The number of alkyl halides is 1. The summed E-state index contributed by atoms with van der Waals surface area (Å²) in [5.41, 5.74) is 4.36. The van der Waals surface area contributed by atoms with Crippen molar-refractivity contribution in [2.75, 3.05) is 19.6 Å². The van der Waals surface area contributed by atoms with Crippen molar-refractivity contribution in [3.05, 3.63) is 0 Å². The van der Waals surface area contributed by atoms with Gasteiger partial charge in [0.2, 0.25) is 0 Å². The lowest BCUT2D eigenvalue weighted by Gasteiger charge is -2.25. The molecule has 0 aromatic carbocycles. The van der Waals surface area contributed by atoms with Crippen molar-refractivity contribution in [2.45, 2.75) is 31.0 Å². The van der Waals surface area contributed by atoms with E-state index in [-0.39, 0.29) is 12.6 Å². The molecule has 0 saturated carbocycles. The van der Waals surface area contributed by atoms with Gasteiger partial charge in [0.1, 0.15) is 5.67 Å². The summed E-state index contributed by atoms with van der Waals surface area (Å²) < 4.78 is 13.8. The predicted octanol–water partition coefficient (Wildman–Crippen LogP) is 0.521. The Hall–Kier alpha value is -0.150. The normalized spacial score (nSPS) is 44.7. The number of rotatable bonds is 1. The van der Waals surface area contributed by atoms with Gasteiger partial charge in [-0.25, -0.2) is 4.39 Å². The fraction of sp³-hybridized carbons (Fsp3) is 1.00. The molecule has 2 atom stereocenters. The minimum absolute atomic E-state index is 0.146. The van der Waals surface area contributed by atoms with Crippen LogP contribution in [0.15, 0.2) is 0 Å². The summed E-state index contributed by atoms with van der Waals surface area (Å²) in [6, 6.07) is 0.146. The number of nitrogens with two attached hydrogens (primary N) is 1. The SMILES string of the molecule is NCC1(F)CCN2CCCC21. The first-order valence-electron chi connectivity index (χ1n) is 4.39. The lowest BCUT2D eigenvalue weighted by Crippen LogP contribution is -2.43. The van der Waals surface area contributed by atoms with Gasteiger partial charge in [0.15, 0.2) is 0 Å². The van der Waals surface area contributed by atoms with E-state index in [1.165, 1.54) is 0 Å². The molecule has 0 spiro atoms. The molecule has 2 fully saturated rings.